The standard InChI is InChI=1S/C15H21NO4/c1-2-12-13(15(17)18)4-3-5-14(12)20-11-8-16-6-9-19-10-7-16/h3-5H,2,6-11H2,1H3,(H,17,18). The highest BCUT2D eigenvalue weighted by molar-refractivity contribution is 5.90. The zero-order chi connectivity index (χ0) is 14.4. The number of hydrogen-bond acceptors (Lipinski definition) is 4. The van der Waals surface area contributed by atoms with Crippen molar-refractivity contribution in [3.63, 3.8) is 0 Å². The van der Waals surface area contributed by atoms with E-state index in [4.69, 9.17) is 9.47 Å². The van der Waals surface area contributed by atoms with Crippen LogP contribution in [0.4, 0.5) is 0 Å². The van der Waals surface area contributed by atoms with Crippen LogP contribution >= 0.6 is 0 Å². The van der Waals surface area contributed by atoms with Gasteiger partial charge in [0.1, 0.15) is 12.4 Å². The molecule has 0 bridgehead atoms. The smallest absolute Gasteiger partial charge is 0.336 e. The summed E-state index contributed by atoms with van der Waals surface area (Å²) in [5, 5.41) is 9.17. The predicted molar refractivity (Wildman–Crippen MR) is 75.5 cm³/mol. The van der Waals surface area contributed by atoms with Gasteiger partial charge in [-0.1, -0.05) is 13.0 Å². The van der Waals surface area contributed by atoms with Crippen molar-refractivity contribution in [2.45, 2.75) is 13.3 Å². The van der Waals surface area contributed by atoms with Crippen molar-refractivity contribution in [2.24, 2.45) is 0 Å². The summed E-state index contributed by atoms with van der Waals surface area (Å²) < 4.78 is 11.1. The van der Waals surface area contributed by atoms with Crippen LogP contribution in [0.15, 0.2) is 18.2 Å². The fraction of sp³-hybridized carbons (Fsp3) is 0.533. The summed E-state index contributed by atoms with van der Waals surface area (Å²) in [7, 11) is 0. The van der Waals surface area contributed by atoms with Crippen molar-refractivity contribution in [3.05, 3.63) is 29.3 Å². The van der Waals surface area contributed by atoms with Gasteiger partial charge in [-0.05, 0) is 18.6 Å². The van der Waals surface area contributed by atoms with Crippen LogP contribution in [0.25, 0.3) is 0 Å². The molecule has 5 heteroatoms. The molecule has 5 nitrogen and oxygen atoms in total. The van der Waals surface area contributed by atoms with Gasteiger partial charge in [-0.25, -0.2) is 4.79 Å². The zero-order valence-corrected chi connectivity index (χ0v) is 11.8. The average Bonchev–Trinajstić information content (AvgIpc) is 2.48. The molecular weight excluding hydrogens is 258 g/mol. The Morgan fingerprint density at radius 3 is 2.80 bits per heavy atom. The number of carboxylic acid groups (broad SMARTS) is 1. The van der Waals surface area contributed by atoms with Crippen LogP contribution in [0.2, 0.25) is 0 Å². The minimum Gasteiger partial charge on any atom is -0.492 e. The van der Waals surface area contributed by atoms with E-state index < -0.39 is 5.97 Å². The molecule has 1 heterocycles. The van der Waals surface area contributed by atoms with Gasteiger partial charge < -0.3 is 14.6 Å². The minimum atomic E-state index is -0.902. The molecule has 1 aliphatic rings. The summed E-state index contributed by atoms with van der Waals surface area (Å²) in [6.07, 6.45) is 0.648. The number of carboxylic acids is 1. The number of aromatic carboxylic acids is 1. The number of ether oxygens (including phenoxy) is 2. The van der Waals surface area contributed by atoms with Gasteiger partial charge in [0.05, 0.1) is 18.8 Å². The van der Waals surface area contributed by atoms with Gasteiger partial charge in [-0.3, -0.25) is 4.90 Å². The Kier molecular flexibility index (Phi) is 5.38. The van der Waals surface area contributed by atoms with E-state index in [1.165, 1.54) is 0 Å². The van der Waals surface area contributed by atoms with Gasteiger partial charge in [0.25, 0.3) is 0 Å². The summed E-state index contributed by atoms with van der Waals surface area (Å²) in [6, 6.07) is 5.19. The number of nitrogens with zero attached hydrogens (tertiary/aromatic N) is 1. The molecule has 0 atom stereocenters. The normalized spacial score (nSPS) is 16.1. The van der Waals surface area contributed by atoms with Crippen LogP contribution < -0.4 is 4.74 Å². The van der Waals surface area contributed by atoms with Crippen molar-refractivity contribution in [2.75, 3.05) is 39.5 Å². The maximum absolute atomic E-state index is 11.2. The lowest BCUT2D eigenvalue weighted by molar-refractivity contribution is 0.0322. The molecule has 1 N–H and O–H groups in total. The third-order valence-corrected chi connectivity index (χ3v) is 3.49. The van der Waals surface area contributed by atoms with Crippen molar-refractivity contribution in [1.29, 1.82) is 0 Å². The van der Waals surface area contributed by atoms with E-state index in [-0.39, 0.29) is 0 Å². The van der Waals surface area contributed by atoms with Crippen LogP contribution in [-0.4, -0.2) is 55.4 Å². The Morgan fingerprint density at radius 1 is 1.40 bits per heavy atom. The summed E-state index contributed by atoms with van der Waals surface area (Å²) in [5.41, 5.74) is 1.10. The quantitative estimate of drug-likeness (QED) is 0.858. The first-order chi connectivity index (χ1) is 9.72. The lowest BCUT2D eigenvalue weighted by atomic mass is 10.0. The lowest BCUT2D eigenvalue weighted by Gasteiger charge is -2.26. The lowest BCUT2D eigenvalue weighted by Crippen LogP contribution is -2.38. The third-order valence-electron chi connectivity index (χ3n) is 3.49. The molecule has 0 spiro atoms. The summed E-state index contributed by atoms with van der Waals surface area (Å²) >= 11 is 0. The number of rotatable bonds is 6. The Morgan fingerprint density at radius 2 is 2.15 bits per heavy atom. The van der Waals surface area contributed by atoms with Crippen LogP contribution in [0, 0.1) is 0 Å². The molecule has 1 fully saturated rings. The van der Waals surface area contributed by atoms with Gasteiger partial charge in [0.15, 0.2) is 0 Å². The van der Waals surface area contributed by atoms with E-state index in [2.05, 4.69) is 4.90 Å². The second-order valence-corrected chi connectivity index (χ2v) is 4.74. The second-order valence-electron chi connectivity index (χ2n) is 4.74. The van der Waals surface area contributed by atoms with Crippen LogP contribution in [0.5, 0.6) is 5.75 Å². The van der Waals surface area contributed by atoms with Gasteiger partial charge in [-0.2, -0.15) is 0 Å². The largest absolute Gasteiger partial charge is 0.492 e. The Labute approximate surface area is 119 Å². The SMILES string of the molecule is CCc1c(OCCN2CCOCC2)cccc1C(=O)O. The maximum atomic E-state index is 11.2. The van der Waals surface area contributed by atoms with Gasteiger partial charge in [0.2, 0.25) is 0 Å². The van der Waals surface area contributed by atoms with E-state index in [0.29, 0.717) is 24.3 Å². The highest BCUT2D eigenvalue weighted by Gasteiger charge is 2.14. The molecule has 1 aromatic carbocycles. The second kappa shape index (κ2) is 7.26. The van der Waals surface area contributed by atoms with Gasteiger partial charge in [0, 0.05) is 25.2 Å². The molecule has 0 saturated carbocycles. The van der Waals surface area contributed by atoms with Crippen molar-refractivity contribution < 1.29 is 19.4 Å². The monoisotopic (exact) mass is 279 g/mol. The van der Waals surface area contributed by atoms with E-state index in [9.17, 15) is 9.90 Å². The summed E-state index contributed by atoms with van der Waals surface area (Å²) in [5.74, 6) is -0.221. The average molecular weight is 279 g/mol. The molecule has 20 heavy (non-hydrogen) atoms. The molecule has 2 rings (SSSR count). The van der Waals surface area contributed by atoms with Crippen molar-refractivity contribution >= 4 is 5.97 Å². The van der Waals surface area contributed by atoms with Crippen molar-refractivity contribution in [1.82, 2.24) is 4.90 Å². The number of hydrogen-bond donors (Lipinski definition) is 1. The van der Waals surface area contributed by atoms with Crippen LogP contribution in [-0.2, 0) is 11.2 Å². The molecule has 0 unspecified atom stereocenters. The highest BCUT2D eigenvalue weighted by Crippen LogP contribution is 2.23. The fourth-order valence-electron chi connectivity index (χ4n) is 2.38. The molecule has 0 radical (unpaired) electrons. The fourth-order valence-corrected chi connectivity index (χ4v) is 2.38. The van der Waals surface area contributed by atoms with Gasteiger partial charge in [-0.15, -0.1) is 0 Å². The maximum Gasteiger partial charge on any atom is 0.336 e. The minimum absolute atomic E-state index is 0.330. The van der Waals surface area contributed by atoms with Crippen LogP contribution in [0.3, 0.4) is 0 Å². The number of morpholine rings is 1. The van der Waals surface area contributed by atoms with E-state index in [1.807, 2.05) is 13.0 Å². The summed E-state index contributed by atoms with van der Waals surface area (Å²) in [6.45, 7) is 6.75. The Balaban J connectivity index is 1.94. The third kappa shape index (κ3) is 3.71. The highest BCUT2D eigenvalue weighted by atomic mass is 16.5. The first-order valence-corrected chi connectivity index (χ1v) is 7.00. The first kappa shape index (κ1) is 14.8. The van der Waals surface area contributed by atoms with Crippen LogP contribution in [0.1, 0.15) is 22.8 Å². The number of benzene rings is 1. The molecule has 0 aromatic heterocycles. The zero-order valence-electron chi connectivity index (χ0n) is 11.8. The Bertz CT molecular complexity index is 455. The Hall–Kier alpha value is -1.59. The first-order valence-electron chi connectivity index (χ1n) is 7.00. The molecule has 0 amide bonds. The topological polar surface area (TPSA) is 59.0 Å². The summed E-state index contributed by atoms with van der Waals surface area (Å²) in [4.78, 5) is 13.5. The molecule has 1 aliphatic heterocycles. The molecule has 0 aliphatic carbocycles. The molecule has 110 valence electrons. The number of carbonyl (C=O) groups is 1. The van der Waals surface area contributed by atoms with E-state index in [1.54, 1.807) is 12.1 Å². The molecule has 1 saturated heterocycles. The van der Waals surface area contributed by atoms with Crippen molar-refractivity contribution in [3.8, 4) is 5.75 Å². The van der Waals surface area contributed by atoms with E-state index >= 15 is 0 Å². The predicted octanol–water partition coefficient (Wildman–Crippen LogP) is 1.66. The van der Waals surface area contributed by atoms with E-state index in [0.717, 1.165) is 38.4 Å². The van der Waals surface area contributed by atoms with Gasteiger partial charge >= 0.3 is 5.97 Å². The molecular formula is C15H21NO4. The molecule has 1 aromatic rings.